The van der Waals surface area contributed by atoms with E-state index >= 15 is 0 Å². The molecule has 0 amide bonds. The second-order valence-electron chi connectivity index (χ2n) is 7.81. The van der Waals surface area contributed by atoms with Crippen molar-refractivity contribution in [2.24, 2.45) is 10.2 Å². The summed E-state index contributed by atoms with van der Waals surface area (Å²) in [7, 11) is -3.93. The first-order chi connectivity index (χ1) is 17.0. The van der Waals surface area contributed by atoms with Crippen molar-refractivity contribution in [3.8, 4) is 0 Å². The first-order valence-electron chi connectivity index (χ1n) is 10.5. The lowest BCUT2D eigenvalue weighted by Gasteiger charge is -2.08. The summed E-state index contributed by atoms with van der Waals surface area (Å²) in [6, 6.07) is 13.4. The van der Waals surface area contributed by atoms with Crippen molar-refractivity contribution in [1.82, 2.24) is 19.7 Å². The molecule has 4 rings (SSSR count). The Kier molecular flexibility index (Phi) is 6.82. The number of azo groups is 1. The lowest BCUT2D eigenvalue weighted by molar-refractivity contribution is 0.0941. The fourth-order valence-corrected chi connectivity index (χ4v) is 4.34. The Hall–Kier alpha value is -4.16. The van der Waals surface area contributed by atoms with Crippen LogP contribution in [0, 0.1) is 20.8 Å². The summed E-state index contributed by atoms with van der Waals surface area (Å²) >= 11 is 5.85. The van der Waals surface area contributed by atoms with Crippen LogP contribution in [0.5, 0.6) is 0 Å². The molecule has 2 heterocycles. The maximum Gasteiger partial charge on any atom is 0.302 e. The number of carbonyl (C=O) groups excluding carboxylic acids is 1. The van der Waals surface area contributed by atoms with Gasteiger partial charge in [0.05, 0.1) is 16.3 Å². The van der Waals surface area contributed by atoms with E-state index in [0.29, 0.717) is 27.8 Å². The first kappa shape index (κ1) is 24.9. The van der Waals surface area contributed by atoms with Gasteiger partial charge in [-0.25, -0.2) is 23.1 Å². The molecular formula is C23H20ClN7O4S. The standard InChI is InChI=1S/C23H20ClN7O4S/c1-13-12-14(2)26-23(25-13)30-36(34,35)19-10-8-18(9-11-19)27-28-20-15(3)29-31(22(20)33)21(32)16-4-6-17(24)7-5-16/h4-12,29H,1-3H3,(H,25,26,30). The maximum absolute atomic E-state index is 12.7. The van der Waals surface area contributed by atoms with Crippen molar-refractivity contribution in [1.29, 1.82) is 0 Å². The van der Waals surface area contributed by atoms with Crippen molar-refractivity contribution >= 4 is 44.9 Å². The molecule has 2 aromatic carbocycles. The zero-order valence-electron chi connectivity index (χ0n) is 19.4. The molecule has 0 saturated carbocycles. The van der Waals surface area contributed by atoms with Crippen LogP contribution >= 0.6 is 11.6 Å². The van der Waals surface area contributed by atoms with E-state index in [1.165, 1.54) is 36.4 Å². The monoisotopic (exact) mass is 525 g/mol. The Morgan fingerprint density at radius 2 is 1.58 bits per heavy atom. The zero-order valence-corrected chi connectivity index (χ0v) is 20.9. The Morgan fingerprint density at radius 1 is 0.972 bits per heavy atom. The van der Waals surface area contributed by atoms with Gasteiger partial charge in [0.25, 0.3) is 15.9 Å². The van der Waals surface area contributed by atoms with Gasteiger partial charge in [-0.15, -0.1) is 5.11 Å². The van der Waals surface area contributed by atoms with Gasteiger partial charge >= 0.3 is 5.56 Å². The predicted molar refractivity (Wildman–Crippen MR) is 134 cm³/mol. The molecule has 4 aromatic rings. The molecule has 2 N–H and O–H groups in total. The highest BCUT2D eigenvalue weighted by molar-refractivity contribution is 7.92. The minimum absolute atomic E-state index is 0.0244. The highest BCUT2D eigenvalue weighted by Crippen LogP contribution is 2.21. The number of rotatable bonds is 6. The molecular weight excluding hydrogens is 506 g/mol. The third kappa shape index (κ3) is 5.39. The molecule has 0 fully saturated rings. The first-order valence-corrected chi connectivity index (χ1v) is 12.4. The largest absolute Gasteiger partial charge is 0.302 e. The summed E-state index contributed by atoms with van der Waals surface area (Å²) in [6.45, 7) is 5.06. The van der Waals surface area contributed by atoms with Crippen LogP contribution in [0.25, 0.3) is 0 Å². The van der Waals surface area contributed by atoms with E-state index in [4.69, 9.17) is 11.6 Å². The van der Waals surface area contributed by atoms with Crippen molar-refractivity contribution in [2.75, 3.05) is 4.72 Å². The lowest BCUT2D eigenvalue weighted by Crippen LogP contribution is -2.25. The Bertz CT molecular complexity index is 1620. The summed E-state index contributed by atoms with van der Waals surface area (Å²) in [5, 5.41) is 11.1. The van der Waals surface area contributed by atoms with Gasteiger partial charge in [0.15, 0.2) is 5.69 Å². The number of nitrogens with zero attached hydrogens (tertiary/aromatic N) is 5. The van der Waals surface area contributed by atoms with Crippen LogP contribution in [0.3, 0.4) is 0 Å². The summed E-state index contributed by atoms with van der Waals surface area (Å²) in [6.07, 6.45) is 0. The minimum atomic E-state index is -3.93. The van der Waals surface area contributed by atoms with Gasteiger partial charge in [0.1, 0.15) is 0 Å². The number of anilines is 1. The molecule has 0 saturated heterocycles. The van der Waals surface area contributed by atoms with Crippen molar-refractivity contribution in [2.45, 2.75) is 25.7 Å². The Labute approximate surface area is 210 Å². The maximum atomic E-state index is 12.7. The van der Waals surface area contributed by atoms with Crippen LogP contribution < -0.4 is 10.3 Å². The highest BCUT2D eigenvalue weighted by Gasteiger charge is 2.18. The zero-order chi connectivity index (χ0) is 26.0. The Balaban J connectivity index is 1.53. The molecule has 11 nitrogen and oxygen atoms in total. The average Bonchev–Trinajstić information content (AvgIpc) is 3.10. The number of aromatic nitrogens is 4. The average molecular weight is 526 g/mol. The van der Waals surface area contributed by atoms with E-state index in [1.807, 2.05) is 0 Å². The third-order valence-corrected chi connectivity index (χ3v) is 6.55. The van der Waals surface area contributed by atoms with Crippen LogP contribution in [0.2, 0.25) is 5.02 Å². The fraction of sp³-hybridized carbons (Fsp3) is 0.130. The van der Waals surface area contributed by atoms with Gasteiger partial charge in [0.2, 0.25) is 5.95 Å². The number of H-pyrrole nitrogens is 1. The van der Waals surface area contributed by atoms with Gasteiger partial charge < -0.3 is 0 Å². The number of sulfonamides is 1. The van der Waals surface area contributed by atoms with Crippen LogP contribution in [-0.2, 0) is 10.0 Å². The molecule has 36 heavy (non-hydrogen) atoms. The van der Waals surface area contributed by atoms with E-state index < -0.39 is 21.5 Å². The fourth-order valence-electron chi connectivity index (χ4n) is 3.27. The smallest absolute Gasteiger partial charge is 0.290 e. The topological polar surface area (TPSA) is 152 Å². The molecule has 0 atom stereocenters. The number of benzene rings is 2. The molecule has 13 heteroatoms. The molecule has 0 aliphatic rings. The van der Waals surface area contributed by atoms with Gasteiger partial charge in [-0.3, -0.25) is 14.7 Å². The van der Waals surface area contributed by atoms with Gasteiger partial charge in [0, 0.05) is 22.0 Å². The van der Waals surface area contributed by atoms with Crippen LogP contribution in [0.15, 0.2) is 74.5 Å². The van der Waals surface area contributed by atoms with Crippen molar-refractivity contribution in [3.05, 3.63) is 92.6 Å². The number of aryl methyl sites for hydroxylation is 3. The van der Waals surface area contributed by atoms with Crippen LogP contribution in [0.1, 0.15) is 27.4 Å². The molecule has 0 spiro atoms. The molecule has 2 aromatic heterocycles. The Morgan fingerprint density at radius 3 is 2.19 bits per heavy atom. The molecule has 0 bridgehead atoms. The summed E-state index contributed by atoms with van der Waals surface area (Å²) in [4.78, 5) is 33.5. The van der Waals surface area contributed by atoms with E-state index in [1.54, 1.807) is 39.0 Å². The highest BCUT2D eigenvalue weighted by atomic mass is 35.5. The summed E-state index contributed by atoms with van der Waals surface area (Å²) in [5.41, 5.74) is 1.43. The normalized spacial score (nSPS) is 11.7. The van der Waals surface area contributed by atoms with Gasteiger partial charge in [-0.2, -0.15) is 9.80 Å². The van der Waals surface area contributed by atoms with E-state index in [2.05, 4.69) is 30.0 Å². The van der Waals surface area contributed by atoms with Gasteiger partial charge in [-0.1, -0.05) is 11.6 Å². The summed E-state index contributed by atoms with van der Waals surface area (Å²) in [5.74, 6) is -0.598. The molecule has 0 unspecified atom stereocenters. The lowest BCUT2D eigenvalue weighted by atomic mass is 10.2. The number of aromatic amines is 1. The second kappa shape index (κ2) is 9.84. The van der Waals surface area contributed by atoms with E-state index in [9.17, 15) is 18.0 Å². The number of halogens is 1. The molecule has 0 aliphatic carbocycles. The quantitative estimate of drug-likeness (QED) is 0.355. The minimum Gasteiger partial charge on any atom is -0.290 e. The van der Waals surface area contributed by atoms with Crippen LogP contribution in [-0.4, -0.2) is 34.1 Å². The van der Waals surface area contributed by atoms with E-state index in [-0.39, 0.29) is 22.1 Å². The predicted octanol–water partition coefficient (Wildman–Crippen LogP) is 4.45. The van der Waals surface area contributed by atoms with Crippen LogP contribution in [0.4, 0.5) is 17.3 Å². The molecule has 0 aliphatic heterocycles. The van der Waals surface area contributed by atoms with E-state index in [0.717, 1.165) is 4.68 Å². The number of hydrogen-bond donors (Lipinski definition) is 2. The molecule has 0 radical (unpaired) electrons. The number of nitrogens with one attached hydrogen (secondary N) is 2. The van der Waals surface area contributed by atoms with Gasteiger partial charge in [-0.05, 0) is 75.4 Å². The third-order valence-electron chi connectivity index (χ3n) is 4.96. The summed E-state index contributed by atoms with van der Waals surface area (Å²) < 4.78 is 28.5. The van der Waals surface area contributed by atoms with Crippen molar-refractivity contribution in [3.63, 3.8) is 0 Å². The number of hydrogen-bond acceptors (Lipinski definition) is 8. The number of carbonyl (C=O) groups is 1. The van der Waals surface area contributed by atoms with Crippen molar-refractivity contribution < 1.29 is 13.2 Å². The second-order valence-corrected chi connectivity index (χ2v) is 9.93. The molecule has 184 valence electrons. The SMILES string of the molecule is Cc1cc(C)nc(NS(=O)(=O)c2ccc(N=Nc3c(C)[nH]n(C(=O)c4ccc(Cl)cc4)c3=O)cc2)n1.